The first-order valence-corrected chi connectivity index (χ1v) is 5.34. The van der Waals surface area contributed by atoms with Crippen LogP contribution in [-0.2, 0) is 4.79 Å². The Labute approximate surface area is 90.6 Å². The van der Waals surface area contributed by atoms with Crippen molar-refractivity contribution in [3.8, 4) is 0 Å². The smallest absolute Gasteiger partial charge is 0.275 e. The van der Waals surface area contributed by atoms with Crippen LogP contribution in [0.25, 0.3) is 0 Å². The Morgan fingerprint density at radius 3 is 3.20 bits per heavy atom. The highest BCUT2D eigenvalue weighted by Gasteiger charge is 2.22. The Morgan fingerprint density at radius 2 is 2.47 bits per heavy atom. The Kier molecular flexibility index (Phi) is 2.91. The molecule has 1 saturated heterocycles. The molecule has 15 heavy (non-hydrogen) atoms. The molecule has 0 radical (unpaired) electrons. The SMILES string of the molecule is O=C1CN(C(=O)c2cnsn2)CCCN1. The van der Waals surface area contributed by atoms with E-state index in [0.29, 0.717) is 18.8 Å². The van der Waals surface area contributed by atoms with Gasteiger partial charge >= 0.3 is 0 Å². The van der Waals surface area contributed by atoms with Gasteiger partial charge in [0, 0.05) is 13.1 Å². The average Bonchev–Trinajstić information content (AvgIpc) is 2.67. The summed E-state index contributed by atoms with van der Waals surface area (Å²) in [5.74, 6) is -0.343. The standard InChI is InChI=1S/C8H10N4O2S/c13-7-5-12(3-1-2-9-7)8(14)6-4-10-15-11-6/h4H,1-3,5H2,(H,9,13). The van der Waals surface area contributed by atoms with E-state index >= 15 is 0 Å². The molecule has 80 valence electrons. The van der Waals surface area contributed by atoms with Crippen LogP contribution in [0.5, 0.6) is 0 Å². The largest absolute Gasteiger partial charge is 0.354 e. The first-order chi connectivity index (χ1) is 7.27. The van der Waals surface area contributed by atoms with Crippen LogP contribution in [-0.4, -0.2) is 45.1 Å². The van der Waals surface area contributed by atoms with Crippen LogP contribution in [0, 0.1) is 0 Å². The van der Waals surface area contributed by atoms with Crippen LogP contribution in [0.15, 0.2) is 6.20 Å². The van der Waals surface area contributed by atoms with Crippen molar-refractivity contribution >= 4 is 23.5 Å². The number of hydrogen-bond donors (Lipinski definition) is 1. The fourth-order valence-corrected chi connectivity index (χ4v) is 1.81. The second kappa shape index (κ2) is 4.35. The van der Waals surface area contributed by atoms with Gasteiger partial charge in [-0.05, 0) is 6.42 Å². The van der Waals surface area contributed by atoms with E-state index in [9.17, 15) is 9.59 Å². The zero-order chi connectivity index (χ0) is 10.7. The summed E-state index contributed by atoms with van der Waals surface area (Å²) in [6.07, 6.45) is 2.20. The van der Waals surface area contributed by atoms with Crippen molar-refractivity contribution in [1.82, 2.24) is 19.0 Å². The lowest BCUT2D eigenvalue weighted by Gasteiger charge is -2.16. The van der Waals surface area contributed by atoms with Gasteiger partial charge in [0.05, 0.1) is 24.5 Å². The molecule has 0 atom stereocenters. The van der Waals surface area contributed by atoms with Crippen LogP contribution in [0.2, 0.25) is 0 Å². The van der Waals surface area contributed by atoms with Gasteiger partial charge in [-0.2, -0.15) is 8.75 Å². The van der Waals surface area contributed by atoms with E-state index in [1.54, 1.807) is 0 Å². The summed E-state index contributed by atoms with van der Waals surface area (Å²) in [5.41, 5.74) is 0.315. The van der Waals surface area contributed by atoms with Crippen LogP contribution < -0.4 is 5.32 Å². The lowest BCUT2D eigenvalue weighted by Crippen LogP contribution is -2.37. The van der Waals surface area contributed by atoms with E-state index < -0.39 is 0 Å². The quantitative estimate of drug-likeness (QED) is 0.700. The maximum atomic E-state index is 11.8. The zero-order valence-electron chi connectivity index (χ0n) is 7.97. The minimum absolute atomic E-state index is 0.107. The number of amides is 2. The number of aromatic nitrogens is 2. The topological polar surface area (TPSA) is 75.2 Å². The zero-order valence-corrected chi connectivity index (χ0v) is 8.79. The molecule has 2 rings (SSSR count). The van der Waals surface area contributed by atoms with Gasteiger partial charge in [0.1, 0.15) is 0 Å². The first kappa shape index (κ1) is 10.0. The second-order valence-corrected chi connectivity index (χ2v) is 3.78. The lowest BCUT2D eigenvalue weighted by atomic mass is 10.3. The predicted molar refractivity (Wildman–Crippen MR) is 53.4 cm³/mol. The number of carbonyl (C=O) groups excluding carboxylic acids is 2. The van der Waals surface area contributed by atoms with Gasteiger partial charge in [0.25, 0.3) is 5.91 Å². The minimum Gasteiger partial charge on any atom is -0.354 e. The van der Waals surface area contributed by atoms with Gasteiger partial charge in [-0.3, -0.25) is 9.59 Å². The van der Waals surface area contributed by atoms with Crippen molar-refractivity contribution in [2.75, 3.05) is 19.6 Å². The fraction of sp³-hybridized carbons (Fsp3) is 0.500. The summed E-state index contributed by atoms with van der Waals surface area (Å²) in [5, 5.41) is 2.71. The van der Waals surface area contributed by atoms with Crippen LogP contribution in [0.4, 0.5) is 0 Å². The Hall–Kier alpha value is -1.50. The average molecular weight is 226 g/mol. The maximum absolute atomic E-state index is 11.8. The summed E-state index contributed by atoms with van der Waals surface area (Å²) in [4.78, 5) is 24.5. The number of carbonyl (C=O) groups is 2. The number of nitrogens with one attached hydrogen (secondary N) is 1. The summed E-state index contributed by atoms with van der Waals surface area (Å²) < 4.78 is 7.62. The van der Waals surface area contributed by atoms with E-state index in [2.05, 4.69) is 14.1 Å². The van der Waals surface area contributed by atoms with Crippen LogP contribution in [0.1, 0.15) is 16.9 Å². The summed E-state index contributed by atoms with van der Waals surface area (Å²) in [7, 11) is 0. The Balaban J connectivity index is 2.09. The van der Waals surface area contributed by atoms with Crippen molar-refractivity contribution in [1.29, 1.82) is 0 Å². The molecule has 0 aromatic carbocycles. The molecule has 2 heterocycles. The molecular formula is C8H10N4O2S. The summed E-state index contributed by atoms with van der Waals surface area (Å²) in [6.45, 7) is 1.31. The maximum Gasteiger partial charge on any atom is 0.275 e. The van der Waals surface area contributed by atoms with Crippen molar-refractivity contribution < 1.29 is 9.59 Å². The third kappa shape index (κ3) is 2.30. The molecule has 7 heteroatoms. The van der Waals surface area contributed by atoms with Gasteiger partial charge in [-0.1, -0.05) is 0 Å². The molecule has 1 aromatic heterocycles. The van der Waals surface area contributed by atoms with E-state index in [1.807, 2.05) is 0 Å². The van der Waals surface area contributed by atoms with Gasteiger partial charge < -0.3 is 10.2 Å². The van der Waals surface area contributed by atoms with Gasteiger partial charge in [0.15, 0.2) is 5.69 Å². The second-order valence-electron chi connectivity index (χ2n) is 3.22. The fourth-order valence-electron chi connectivity index (χ4n) is 1.40. The van der Waals surface area contributed by atoms with Gasteiger partial charge in [-0.15, -0.1) is 0 Å². The third-order valence-electron chi connectivity index (χ3n) is 2.13. The first-order valence-electron chi connectivity index (χ1n) is 4.61. The highest BCUT2D eigenvalue weighted by Crippen LogP contribution is 2.04. The molecule has 0 bridgehead atoms. The highest BCUT2D eigenvalue weighted by atomic mass is 32.1. The minimum atomic E-state index is -0.221. The lowest BCUT2D eigenvalue weighted by molar-refractivity contribution is -0.121. The van der Waals surface area contributed by atoms with Crippen LogP contribution in [0.3, 0.4) is 0 Å². The number of rotatable bonds is 1. The van der Waals surface area contributed by atoms with Crippen molar-refractivity contribution in [2.24, 2.45) is 0 Å². The molecule has 1 aliphatic rings. The van der Waals surface area contributed by atoms with E-state index in [-0.39, 0.29) is 18.4 Å². The predicted octanol–water partition coefficient (Wildman–Crippen LogP) is -0.500. The molecule has 2 amide bonds. The number of hydrogen-bond acceptors (Lipinski definition) is 5. The molecule has 1 fully saturated rings. The Bertz CT molecular complexity index is 365. The molecule has 1 aromatic rings. The normalized spacial score (nSPS) is 17.1. The number of nitrogens with zero attached hydrogens (tertiary/aromatic N) is 3. The third-order valence-corrected chi connectivity index (χ3v) is 2.61. The van der Waals surface area contributed by atoms with E-state index in [1.165, 1.54) is 11.1 Å². The monoisotopic (exact) mass is 226 g/mol. The van der Waals surface area contributed by atoms with Crippen LogP contribution >= 0.6 is 11.7 Å². The van der Waals surface area contributed by atoms with Gasteiger partial charge in [-0.25, -0.2) is 0 Å². The summed E-state index contributed by atoms with van der Waals surface area (Å²) >= 11 is 0.990. The summed E-state index contributed by atoms with van der Waals surface area (Å²) in [6, 6.07) is 0. The van der Waals surface area contributed by atoms with E-state index in [4.69, 9.17) is 0 Å². The molecule has 6 nitrogen and oxygen atoms in total. The van der Waals surface area contributed by atoms with Crippen molar-refractivity contribution in [3.63, 3.8) is 0 Å². The molecule has 0 spiro atoms. The van der Waals surface area contributed by atoms with Crippen molar-refractivity contribution in [2.45, 2.75) is 6.42 Å². The molecule has 0 unspecified atom stereocenters. The van der Waals surface area contributed by atoms with Gasteiger partial charge in [0.2, 0.25) is 5.91 Å². The Morgan fingerprint density at radius 1 is 1.60 bits per heavy atom. The highest BCUT2D eigenvalue weighted by molar-refractivity contribution is 6.99. The molecule has 1 N–H and O–H groups in total. The molecule has 1 aliphatic heterocycles. The molecule has 0 saturated carbocycles. The molecular weight excluding hydrogens is 216 g/mol. The van der Waals surface area contributed by atoms with Crippen molar-refractivity contribution in [3.05, 3.63) is 11.9 Å². The van der Waals surface area contributed by atoms with E-state index in [0.717, 1.165) is 18.1 Å². The molecule has 0 aliphatic carbocycles.